The standard InChI is InChI=1S/C22H32F2N4O/c1-2-3-4-5-6-7-8-20(21(16-25)28-11-9-26-10-12-28)22(29)27-19-14-17(23)13-18(24)15-19/h13-16,25-26H,2-12H2,1H3,(H,27,29). The largest absolute Gasteiger partial charge is 0.367 e. The Kier molecular flexibility index (Phi) is 9.77. The van der Waals surface area contributed by atoms with Gasteiger partial charge in [-0.3, -0.25) is 4.79 Å². The van der Waals surface area contributed by atoms with E-state index >= 15 is 0 Å². The summed E-state index contributed by atoms with van der Waals surface area (Å²) in [6.07, 6.45) is 8.30. The molecular formula is C22H32F2N4O. The van der Waals surface area contributed by atoms with E-state index < -0.39 is 17.5 Å². The zero-order valence-corrected chi connectivity index (χ0v) is 17.2. The third-order valence-electron chi connectivity index (χ3n) is 5.08. The molecule has 1 amide bonds. The van der Waals surface area contributed by atoms with Gasteiger partial charge in [-0.1, -0.05) is 39.0 Å². The molecule has 1 fully saturated rings. The fourth-order valence-corrected chi connectivity index (χ4v) is 3.55. The number of nitrogens with zero attached hydrogens (tertiary/aromatic N) is 1. The second-order valence-electron chi connectivity index (χ2n) is 7.38. The summed E-state index contributed by atoms with van der Waals surface area (Å²) in [6.45, 7) is 5.18. The summed E-state index contributed by atoms with van der Waals surface area (Å²) < 4.78 is 27.0. The van der Waals surface area contributed by atoms with Crippen molar-refractivity contribution in [2.45, 2.75) is 51.9 Å². The van der Waals surface area contributed by atoms with Crippen LogP contribution in [0.25, 0.3) is 0 Å². The molecule has 160 valence electrons. The maximum Gasteiger partial charge on any atom is 0.253 e. The molecule has 0 atom stereocenters. The van der Waals surface area contributed by atoms with Gasteiger partial charge >= 0.3 is 0 Å². The summed E-state index contributed by atoms with van der Waals surface area (Å²) >= 11 is 0. The lowest BCUT2D eigenvalue weighted by Crippen LogP contribution is -2.44. The van der Waals surface area contributed by atoms with E-state index in [4.69, 9.17) is 5.41 Å². The summed E-state index contributed by atoms with van der Waals surface area (Å²) in [4.78, 5) is 15.0. The zero-order chi connectivity index (χ0) is 21.1. The zero-order valence-electron chi connectivity index (χ0n) is 17.2. The van der Waals surface area contributed by atoms with E-state index in [9.17, 15) is 13.6 Å². The number of rotatable bonds is 11. The highest BCUT2D eigenvalue weighted by molar-refractivity contribution is 6.07. The Morgan fingerprint density at radius 1 is 1.10 bits per heavy atom. The number of carbonyl (C=O) groups excluding carboxylic acids is 1. The quantitative estimate of drug-likeness (QED) is 0.289. The molecular weight excluding hydrogens is 374 g/mol. The summed E-state index contributed by atoms with van der Waals surface area (Å²) in [6, 6.07) is 2.96. The molecule has 1 aliphatic heterocycles. The molecule has 0 saturated carbocycles. The first kappa shape index (κ1) is 23.0. The van der Waals surface area contributed by atoms with Crippen LogP contribution in [-0.4, -0.2) is 43.2 Å². The molecule has 1 aromatic rings. The lowest BCUT2D eigenvalue weighted by Gasteiger charge is -2.31. The van der Waals surface area contributed by atoms with E-state index in [1.807, 2.05) is 4.90 Å². The number of allylic oxidation sites excluding steroid dienone is 1. The lowest BCUT2D eigenvalue weighted by atomic mass is 10.0. The summed E-state index contributed by atoms with van der Waals surface area (Å²) in [7, 11) is 0. The average Bonchev–Trinajstić information content (AvgIpc) is 2.69. The van der Waals surface area contributed by atoms with Crippen LogP contribution in [0.2, 0.25) is 0 Å². The van der Waals surface area contributed by atoms with Gasteiger partial charge < -0.3 is 20.9 Å². The number of halogens is 2. The molecule has 1 saturated heterocycles. The van der Waals surface area contributed by atoms with Crippen molar-refractivity contribution < 1.29 is 13.6 Å². The van der Waals surface area contributed by atoms with Gasteiger partial charge in [0.25, 0.3) is 5.91 Å². The van der Waals surface area contributed by atoms with Gasteiger partial charge in [0.1, 0.15) is 11.6 Å². The van der Waals surface area contributed by atoms with E-state index in [1.165, 1.54) is 25.5 Å². The smallest absolute Gasteiger partial charge is 0.253 e. The molecule has 0 aliphatic carbocycles. The Hall–Kier alpha value is -2.28. The van der Waals surface area contributed by atoms with Gasteiger partial charge in [-0.15, -0.1) is 0 Å². The van der Waals surface area contributed by atoms with Crippen LogP contribution in [0.1, 0.15) is 51.9 Å². The molecule has 3 N–H and O–H groups in total. The maximum absolute atomic E-state index is 13.5. The minimum Gasteiger partial charge on any atom is -0.367 e. The number of amides is 1. The Labute approximate surface area is 172 Å². The number of carbonyl (C=O) groups is 1. The fraction of sp³-hybridized carbons (Fsp3) is 0.545. The molecule has 0 spiro atoms. The van der Waals surface area contributed by atoms with E-state index in [0.29, 0.717) is 30.8 Å². The fourth-order valence-electron chi connectivity index (χ4n) is 3.55. The predicted molar refractivity (Wildman–Crippen MR) is 113 cm³/mol. The van der Waals surface area contributed by atoms with Crippen molar-refractivity contribution in [1.29, 1.82) is 5.41 Å². The lowest BCUT2D eigenvalue weighted by molar-refractivity contribution is -0.113. The molecule has 29 heavy (non-hydrogen) atoms. The van der Waals surface area contributed by atoms with Crippen molar-refractivity contribution in [3.63, 3.8) is 0 Å². The number of nitrogens with one attached hydrogen (secondary N) is 3. The first-order valence-electron chi connectivity index (χ1n) is 10.5. The van der Waals surface area contributed by atoms with Crippen molar-refractivity contribution in [3.8, 4) is 0 Å². The van der Waals surface area contributed by atoms with Gasteiger partial charge in [-0.05, 0) is 25.0 Å². The molecule has 0 bridgehead atoms. The molecule has 1 aromatic carbocycles. The highest BCUT2D eigenvalue weighted by Gasteiger charge is 2.21. The molecule has 0 radical (unpaired) electrons. The summed E-state index contributed by atoms with van der Waals surface area (Å²) in [5, 5.41) is 13.8. The van der Waals surface area contributed by atoms with Gasteiger partial charge in [-0.2, -0.15) is 0 Å². The van der Waals surface area contributed by atoms with Crippen LogP contribution in [-0.2, 0) is 4.79 Å². The third kappa shape index (κ3) is 7.57. The number of hydrogen-bond acceptors (Lipinski definition) is 4. The molecule has 1 heterocycles. The Bertz CT molecular complexity index is 695. The van der Waals surface area contributed by atoms with Crippen LogP contribution in [0.4, 0.5) is 14.5 Å². The van der Waals surface area contributed by atoms with E-state index in [0.717, 1.165) is 50.6 Å². The van der Waals surface area contributed by atoms with E-state index in [2.05, 4.69) is 17.6 Å². The first-order chi connectivity index (χ1) is 14.0. The first-order valence-corrected chi connectivity index (χ1v) is 10.5. The molecule has 2 rings (SSSR count). The van der Waals surface area contributed by atoms with Gasteiger partial charge in [0.05, 0.1) is 5.70 Å². The molecule has 5 nitrogen and oxygen atoms in total. The van der Waals surface area contributed by atoms with Crippen LogP contribution in [0.15, 0.2) is 29.5 Å². The van der Waals surface area contributed by atoms with Crippen LogP contribution < -0.4 is 10.6 Å². The number of hydrogen-bond donors (Lipinski definition) is 3. The highest BCUT2D eigenvalue weighted by atomic mass is 19.1. The summed E-state index contributed by atoms with van der Waals surface area (Å²) in [5.74, 6) is -1.88. The van der Waals surface area contributed by atoms with Crippen molar-refractivity contribution in [1.82, 2.24) is 10.2 Å². The predicted octanol–water partition coefficient (Wildman–Crippen LogP) is 4.46. The molecule has 0 unspecified atom stereocenters. The van der Waals surface area contributed by atoms with Crippen molar-refractivity contribution in [2.75, 3.05) is 31.5 Å². The van der Waals surface area contributed by atoms with Gasteiger partial charge in [0.2, 0.25) is 0 Å². The molecule has 0 aromatic heterocycles. The van der Waals surface area contributed by atoms with Crippen LogP contribution in [0.3, 0.4) is 0 Å². The number of unbranched alkanes of at least 4 members (excludes halogenated alkanes) is 5. The summed E-state index contributed by atoms with van der Waals surface area (Å²) in [5.41, 5.74) is 1.18. The Morgan fingerprint density at radius 2 is 1.72 bits per heavy atom. The van der Waals surface area contributed by atoms with E-state index in [-0.39, 0.29) is 5.69 Å². The van der Waals surface area contributed by atoms with Gasteiger partial charge in [0, 0.05) is 49.7 Å². The Morgan fingerprint density at radius 3 is 2.34 bits per heavy atom. The van der Waals surface area contributed by atoms with Crippen molar-refractivity contribution in [2.24, 2.45) is 0 Å². The van der Waals surface area contributed by atoms with Crippen LogP contribution >= 0.6 is 0 Å². The van der Waals surface area contributed by atoms with Gasteiger partial charge in [-0.25, -0.2) is 8.78 Å². The average molecular weight is 407 g/mol. The van der Waals surface area contributed by atoms with Crippen LogP contribution in [0, 0.1) is 17.0 Å². The van der Waals surface area contributed by atoms with E-state index in [1.54, 1.807) is 0 Å². The molecule has 7 heteroatoms. The SMILES string of the molecule is CCCCCCCCC(C(=O)Nc1cc(F)cc(F)c1)=C(C=N)N1CCNCC1. The van der Waals surface area contributed by atoms with Gasteiger partial charge in [0.15, 0.2) is 0 Å². The minimum atomic E-state index is -0.740. The molecule has 1 aliphatic rings. The second-order valence-corrected chi connectivity index (χ2v) is 7.38. The van der Waals surface area contributed by atoms with Crippen molar-refractivity contribution >= 4 is 17.8 Å². The number of benzene rings is 1. The third-order valence-corrected chi connectivity index (χ3v) is 5.08. The number of piperazine rings is 1. The highest BCUT2D eigenvalue weighted by Crippen LogP contribution is 2.21. The monoisotopic (exact) mass is 406 g/mol. The second kappa shape index (κ2) is 12.3. The topological polar surface area (TPSA) is 68.2 Å². The van der Waals surface area contributed by atoms with Crippen LogP contribution in [0.5, 0.6) is 0 Å². The minimum absolute atomic E-state index is 0.0811. The normalized spacial score (nSPS) is 15.1. The maximum atomic E-state index is 13.5. The number of anilines is 1. The van der Waals surface area contributed by atoms with Crippen molar-refractivity contribution in [3.05, 3.63) is 41.1 Å². The Balaban J connectivity index is 2.16.